The van der Waals surface area contributed by atoms with Crippen LogP contribution in [0.2, 0.25) is 0 Å². The number of benzene rings is 1. The van der Waals surface area contributed by atoms with Crippen molar-refractivity contribution < 1.29 is 0 Å². The minimum absolute atomic E-state index is 0.00429. The second-order valence-electron chi connectivity index (χ2n) is 6.61. The molecule has 0 saturated heterocycles. The topological polar surface area (TPSA) is 43.8 Å². The van der Waals surface area contributed by atoms with Gasteiger partial charge in [-0.15, -0.1) is 11.3 Å². The van der Waals surface area contributed by atoms with Crippen LogP contribution in [0.4, 0.5) is 0 Å². The normalized spacial score (nSPS) is 11.2. The Bertz CT molecular complexity index is 901. The number of nitrogens with two attached hydrogens (primary N) is 1. The maximum absolute atomic E-state index is 5.68. The van der Waals surface area contributed by atoms with E-state index in [1.54, 1.807) is 11.3 Å². The molecule has 0 spiro atoms. The molecule has 3 rings (SSSR count). The average Bonchev–Trinajstić information content (AvgIpc) is 3.21. The van der Waals surface area contributed by atoms with Crippen LogP contribution in [0.15, 0.2) is 48.8 Å². The first-order valence-corrected chi connectivity index (χ1v) is 8.74. The predicted octanol–water partition coefficient (Wildman–Crippen LogP) is 4.23. The van der Waals surface area contributed by atoms with Crippen molar-refractivity contribution in [3.05, 3.63) is 64.8 Å². The summed E-state index contributed by atoms with van der Waals surface area (Å²) in [5.41, 5.74) is 7.77. The van der Waals surface area contributed by atoms with Crippen molar-refractivity contribution in [2.45, 2.75) is 32.9 Å². The first-order chi connectivity index (χ1) is 11.5. The molecule has 0 bridgehead atoms. The zero-order valence-electron chi connectivity index (χ0n) is 14.2. The van der Waals surface area contributed by atoms with Gasteiger partial charge in [-0.05, 0) is 50.6 Å². The average molecular weight is 335 g/mol. The molecular formula is C20H21N3S. The lowest BCUT2D eigenvalue weighted by molar-refractivity contribution is 0.401. The highest BCUT2D eigenvalue weighted by atomic mass is 32.1. The summed E-state index contributed by atoms with van der Waals surface area (Å²) in [6.07, 6.45) is 3.88. The first kappa shape index (κ1) is 16.5. The molecule has 0 unspecified atom stereocenters. The van der Waals surface area contributed by atoms with Gasteiger partial charge in [0.25, 0.3) is 0 Å². The summed E-state index contributed by atoms with van der Waals surface area (Å²) in [7, 11) is 0. The minimum Gasteiger partial charge on any atom is -0.326 e. The van der Waals surface area contributed by atoms with Crippen LogP contribution in [-0.4, -0.2) is 9.55 Å². The van der Waals surface area contributed by atoms with Crippen molar-refractivity contribution in [1.29, 1.82) is 0 Å². The Hall–Kier alpha value is -2.35. The van der Waals surface area contributed by atoms with E-state index in [4.69, 9.17) is 5.73 Å². The molecule has 2 N–H and O–H groups in total. The van der Waals surface area contributed by atoms with Gasteiger partial charge in [0.1, 0.15) is 0 Å². The fourth-order valence-corrected chi connectivity index (χ4v) is 3.32. The minimum atomic E-state index is 0.00429. The number of hydrogen-bond donors (Lipinski definition) is 1. The van der Waals surface area contributed by atoms with E-state index in [1.165, 1.54) is 0 Å². The van der Waals surface area contributed by atoms with Crippen LogP contribution < -0.4 is 5.73 Å². The van der Waals surface area contributed by atoms with Gasteiger partial charge in [0.05, 0.1) is 9.75 Å². The van der Waals surface area contributed by atoms with Gasteiger partial charge in [-0.2, -0.15) is 0 Å². The smallest absolute Gasteiger partial charge is 0.150 e. The second-order valence-corrected chi connectivity index (χ2v) is 7.69. The zero-order valence-corrected chi connectivity index (χ0v) is 15.0. The van der Waals surface area contributed by atoms with Crippen molar-refractivity contribution >= 4 is 11.3 Å². The molecule has 0 saturated carbocycles. The molecule has 0 aliphatic rings. The van der Waals surface area contributed by atoms with Crippen LogP contribution in [0.25, 0.3) is 10.7 Å². The van der Waals surface area contributed by atoms with E-state index < -0.39 is 0 Å². The van der Waals surface area contributed by atoms with Crippen LogP contribution in [-0.2, 0) is 12.1 Å². The fraction of sp³-hybridized carbons (Fsp3) is 0.250. The van der Waals surface area contributed by atoms with E-state index in [2.05, 4.69) is 54.3 Å². The summed E-state index contributed by atoms with van der Waals surface area (Å²) in [5, 5.41) is 0. The van der Waals surface area contributed by atoms with Crippen LogP contribution in [0, 0.1) is 11.8 Å². The summed E-state index contributed by atoms with van der Waals surface area (Å²) in [4.78, 5) is 6.69. The summed E-state index contributed by atoms with van der Waals surface area (Å²) in [6.45, 7) is 7.07. The van der Waals surface area contributed by atoms with Crippen molar-refractivity contribution in [3.8, 4) is 22.5 Å². The first-order valence-electron chi connectivity index (χ1n) is 7.92. The van der Waals surface area contributed by atoms with Gasteiger partial charge < -0.3 is 10.3 Å². The van der Waals surface area contributed by atoms with Crippen molar-refractivity contribution in [2.24, 2.45) is 5.73 Å². The maximum Gasteiger partial charge on any atom is 0.150 e. The van der Waals surface area contributed by atoms with Gasteiger partial charge in [0, 0.05) is 30.0 Å². The Morgan fingerprint density at radius 1 is 1.17 bits per heavy atom. The van der Waals surface area contributed by atoms with Gasteiger partial charge in [0.2, 0.25) is 0 Å². The summed E-state index contributed by atoms with van der Waals surface area (Å²) in [5.74, 6) is 7.45. The molecule has 1 aromatic carbocycles. The Morgan fingerprint density at radius 3 is 2.75 bits per heavy atom. The van der Waals surface area contributed by atoms with Crippen LogP contribution in [0.5, 0.6) is 0 Å². The number of imidazole rings is 1. The number of thiophene rings is 1. The Labute approximate surface area is 147 Å². The summed E-state index contributed by atoms with van der Waals surface area (Å²) >= 11 is 1.67. The fourth-order valence-electron chi connectivity index (χ4n) is 2.46. The molecular weight excluding hydrogens is 314 g/mol. The third-order valence-corrected chi connectivity index (χ3v) is 4.68. The van der Waals surface area contributed by atoms with Gasteiger partial charge in [0.15, 0.2) is 5.82 Å². The van der Waals surface area contributed by atoms with E-state index >= 15 is 0 Å². The quantitative estimate of drug-likeness (QED) is 0.712. The van der Waals surface area contributed by atoms with Crippen LogP contribution >= 0.6 is 11.3 Å². The highest BCUT2D eigenvalue weighted by molar-refractivity contribution is 7.15. The second kappa shape index (κ2) is 6.64. The standard InChI is InChI=1S/C20H21N3S/c1-20(2,3)23-12-11-22-19(23)18-10-9-17(24-18)8-7-15-5-4-6-16(13-15)14-21/h4-6,9-13H,14,21H2,1-3H3. The summed E-state index contributed by atoms with van der Waals surface area (Å²) < 4.78 is 2.20. The zero-order chi connectivity index (χ0) is 17.2. The molecule has 0 fully saturated rings. The largest absolute Gasteiger partial charge is 0.326 e. The van der Waals surface area contributed by atoms with E-state index in [1.807, 2.05) is 36.7 Å². The molecule has 24 heavy (non-hydrogen) atoms. The van der Waals surface area contributed by atoms with Gasteiger partial charge in [-0.1, -0.05) is 24.0 Å². The number of nitrogens with zero attached hydrogens (tertiary/aromatic N) is 2. The molecule has 2 heterocycles. The van der Waals surface area contributed by atoms with Crippen molar-refractivity contribution in [2.75, 3.05) is 0 Å². The lowest BCUT2D eigenvalue weighted by Crippen LogP contribution is -2.21. The third-order valence-electron chi connectivity index (χ3n) is 3.68. The van der Waals surface area contributed by atoms with E-state index in [0.29, 0.717) is 6.54 Å². The Kier molecular flexibility index (Phi) is 4.57. The van der Waals surface area contributed by atoms with Gasteiger partial charge in [-0.25, -0.2) is 4.98 Å². The molecule has 4 heteroatoms. The maximum atomic E-state index is 5.68. The molecule has 0 amide bonds. The van der Waals surface area contributed by atoms with E-state index in [-0.39, 0.29) is 5.54 Å². The van der Waals surface area contributed by atoms with Crippen LogP contribution in [0.3, 0.4) is 0 Å². The lowest BCUT2D eigenvalue weighted by atomic mass is 10.1. The predicted molar refractivity (Wildman–Crippen MR) is 101 cm³/mol. The molecule has 2 aromatic heterocycles. The molecule has 122 valence electrons. The highest BCUT2D eigenvalue weighted by Crippen LogP contribution is 2.30. The molecule has 0 aliphatic heterocycles. The molecule has 0 aliphatic carbocycles. The van der Waals surface area contributed by atoms with Crippen LogP contribution in [0.1, 0.15) is 36.8 Å². The monoisotopic (exact) mass is 335 g/mol. The Morgan fingerprint density at radius 2 is 2.00 bits per heavy atom. The molecule has 0 atom stereocenters. The molecule has 0 radical (unpaired) electrons. The lowest BCUT2D eigenvalue weighted by Gasteiger charge is -2.22. The van der Waals surface area contributed by atoms with E-state index in [0.717, 1.165) is 26.7 Å². The molecule has 3 nitrogen and oxygen atoms in total. The van der Waals surface area contributed by atoms with Crippen molar-refractivity contribution in [3.63, 3.8) is 0 Å². The van der Waals surface area contributed by atoms with Crippen molar-refractivity contribution in [1.82, 2.24) is 9.55 Å². The highest BCUT2D eigenvalue weighted by Gasteiger charge is 2.18. The Balaban J connectivity index is 1.87. The molecule has 3 aromatic rings. The third kappa shape index (κ3) is 3.59. The van der Waals surface area contributed by atoms with Gasteiger partial charge >= 0.3 is 0 Å². The number of rotatable bonds is 2. The van der Waals surface area contributed by atoms with E-state index in [9.17, 15) is 0 Å². The van der Waals surface area contributed by atoms with Gasteiger partial charge in [-0.3, -0.25) is 0 Å². The number of aromatic nitrogens is 2. The SMILES string of the molecule is CC(C)(C)n1ccnc1-c1ccc(C#Cc2cccc(CN)c2)s1. The number of hydrogen-bond acceptors (Lipinski definition) is 3. The summed E-state index contributed by atoms with van der Waals surface area (Å²) in [6, 6.07) is 12.2.